The van der Waals surface area contributed by atoms with Crippen LogP contribution in [0.3, 0.4) is 0 Å². The fourth-order valence-electron chi connectivity index (χ4n) is 4.34. The average Bonchev–Trinajstić information content (AvgIpc) is 3.19. The zero-order valence-corrected chi connectivity index (χ0v) is 16.6. The summed E-state index contributed by atoms with van der Waals surface area (Å²) in [5.74, 6) is 1.12. The van der Waals surface area contributed by atoms with E-state index >= 15 is 4.39 Å². The summed E-state index contributed by atoms with van der Waals surface area (Å²) in [5.41, 5.74) is 5.25. The van der Waals surface area contributed by atoms with Crippen molar-refractivity contribution in [3.05, 3.63) is 59.1 Å². The van der Waals surface area contributed by atoms with Crippen LogP contribution in [0.4, 0.5) is 10.1 Å². The topological polar surface area (TPSA) is 58.5 Å². The summed E-state index contributed by atoms with van der Waals surface area (Å²) in [7, 11) is 0. The fourth-order valence-corrected chi connectivity index (χ4v) is 4.34. The molecule has 2 aromatic heterocycles. The van der Waals surface area contributed by atoms with E-state index in [1.165, 1.54) is 0 Å². The summed E-state index contributed by atoms with van der Waals surface area (Å²) in [5, 5.41) is 13.1. The van der Waals surface area contributed by atoms with Crippen molar-refractivity contribution in [2.45, 2.75) is 40.2 Å². The van der Waals surface area contributed by atoms with Gasteiger partial charge in [-0.3, -0.25) is 4.57 Å². The van der Waals surface area contributed by atoms with E-state index in [0.717, 1.165) is 33.3 Å². The summed E-state index contributed by atoms with van der Waals surface area (Å²) >= 11 is 0. The van der Waals surface area contributed by atoms with E-state index in [9.17, 15) is 0 Å². The van der Waals surface area contributed by atoms with Gasteiger partial charge in [-0.25, -0.2) is 4.39 Å². The minimum absolute atomic E-state index is 0.262. The van der Waals surface area contributed by atoms with Crippen LogP contribution in [-0.2, 0) is 5.54 Å². The molecule has 5 nitrogen and oxygen atoms in total. The molecule has 4 aromatic rings. The molecule has 0 atom stereocenters. The van der Waals surface area contributed by atoms with Crippen molar-refractivity contribution in [1.29, 1.82) is 0 Å². The van der Waals surface area contributed by atoms with Gasteiger partial charge >= 0.3 is 0 Å². The Morgan fingerprint density at radius 3 is 2.64 bits per heavy atom. The van der Waals surface area contributed by atoms with Crippen LogP contribution in [-0.4, -0.2) is 19.7 Å². The number of rotatable bonds is 1. The smallest absolute Gasteiger partial charge is 0.162 e. The summed E-state index contributed by atoms with van der Waals surface area (Å²) in [4.78, 5) is 3.31. The highest BCUT2D eigenvalue weighted by atomic mass is 19.1. The number of halogens is 1. The van der Waals surface area contributed by atoms with E-state index in [2.05, 4.69) is 33.5 Å². The minimum atomic E-state index is -0.439. The predicted octanol–water partition coefficient (Wildman–Crippen LogP) is 5.14. The van der Waals surface area contributed by atoms with Crippen LogP contribution >= 0.6 is 0 Å². The Kier molecular flexibility index (Phi) is 3.30. The second kappa shape index (κ2) is 5.44. The number of anilines is 1. The lowest BCUT2D eigenvalue weighted by Crippen LogP contribution is -2.36. The normalized spacial score (nSPS) is 14.6. The number of H-pyrrole nitrogens is 1. The maximum atomic E-state index is 16.1. The lowest BCUT2D eigenvalue weighted by atomic mass is 9.93. The van der Waals surface area contributed by atoms with Crippen molar-refractivity contribution in [3.8, 4) is 16.8 Å². The molecule has 0 fully saturated rings. The Balaban J connectivity index is 1.86. The van der Waals surface area contributed by atoms with Gasteiger partial charge in [0.1, 0.15) is 11.5 Å². The first-order valence-electron chi connectivity index (χ1n) is 9.41. The summed E-state index contributed by atoms with van der Waals surface area (Å²) in [6.07, 6.45) is 1.96. The second-order valence-electron chi connectivity index (χ2n) is 8.13. The van der Waals surface area contributed by atoms with Crippen LogP contribution in [0.15, 0.2) is 30.5 Å². The molecular formula is C22H22FN5. The molecule has 6 heteroatoms. The molecule has 5 rings (SSSR count). The van der Waals surface area contributed by atoms with Crippen LogP contribution in [0.2, 0.25) is 0 Å². The van der Waals surface area contributed by atoms with E-state index in [0.29, 0.717) is 22.9 Å². The van der Waals surface area contributed by atoms with Crippen molar-refractivity contribution in [3.63, 3.8) is 0 Å². The number of aromatic nitrogens is 4. The van der Waals surface area contributed by atoms with Gasteiger partial charge in [-0.2, -0.15) is 0 Å². The van der Waals surface area contributed by atoms with E-state index in [-0.39, 0.29) is 5.82 Å². The maximum absolute atomic E-state index is 16.1. The largest absolute Gasteiger partial charge is 0.371 e. The third kappa shape index (κ3) is 2.11. The van der Waals surface area contributed by atoms with E-state index in [1.54, 1.807) is 0 Å². The third-order valence-corrected chi connectivity index (χ3v) is 5.68. The van der Waals surface area contributed by atoms with Crippen molar-refractivity contribution < 1.29 is 4.39 Å². The molecule has 1 aliphatic rings. The quantitative estimate of drug-likeness (QED) is 0.484. The summed E-state index contributed by atoms with van der Waals surface area (Å²) < 4.78 is 17.9. The van der Waals surface area contributed by atoms with Gasteiger partial charge < -0.3 is 10.3 Å². The maximum Gasteiger partial charge on any atom is 0.162 e. The number of fused-ring (bicyclic) bond motifs is 4. The van der Waals surface area contributed by atoms with Gasteiger partial charge in [0.25, 0.3) is 0 Å². The summed E-state index contributed by atoms with van der Waals surface area (Å²) in [6, 6.07) is 8.03. The molecule has 142 valence electrons. The van der Waals surface area contributed by atoms with Crippen LogP contribution in [0.5, 0.6) is 0 Å². The number of benzene rings is 2. The van der Waals surface area contributed by atoms with Crippen LogP contribution in [0.25, 0.3) is 27.7 Å². The van der Waals surface area contributed by atoms with Crippen LogP contribution < -0.4 is 5.32 Å². The third-order valence-electron chi connectivity index (χ3n) is 5.68. The van der Waals surface area contributed by atoms with E-state index < -0.39 is 5.54 Å². The molecule has 0 unspecified atom stereocenters. The number of hydrogen-bond acceptors (Lipinski definition) is 3. The highest BCUT2D eigenvalue weighted by Crippen LogP contribution is 2.43. The molecule has 0 amide bonds. The SMILES string of the molecule is Cc1cc2c(c(F)c1-c1cccc3c(C)c[nH]c13)-n1c(C)nnc1C(C)(C)N2. The molecule has 2 N–H and O–H groups in total. The van der Waals surface area contributed by atoms with Gasteiger partial charge in [0.2, 0.25) is 0 Å². The molecule has 3 heterocycles. The molecule has 1 aliphatic heterocycles. The van der Waals surface area contributed by atoms with Gasteiger partial charge in [-0.15, -0.1) is 10.2 Å². The first-order valence-corrected chi connectivity index (χ1v) is 9.41. The van der Waals surface area contributed by atoms with Crippen LogP contribution in [0, 0.1) is 26.6 Å². The predicted molar refractivity (Wildman–Crippen MR) is 109 cm³/mol. The molecule has 0 radical (unpaired) electrons. The molecule has 2 aromatic carbocycles. The second-order valence-corrected chi connectivity index (χ2v) is 8.13. The lowest BCUT2D eigenvalue weighted by Gasteiger charge is -2.34. The molecule has 28 heavy (non-hydrogen) atoms. The highest BCUT2D eigenvalue weighted by Gasteiger charge is 2.36. The minimum Gasteiger partial charge on any atom is -0.371 e. The number of aromatic amines is 1. The fraction of sp³-hybridized carbons (Fsp3) is 0.273. The van der Waals surface area contributed by atoms with E-state index in [4.69, 9.17) is 0 Å². The number of para-hydroxylation sites is 1. The van der Waals surface area contributed by atoms with Gasteiger partial charge in [0.05, 0.1) is 16.7 Å². The Hall–Kier alpha value is -3.15. The monoisotopic (exact) mass is 375 g/mol. The van der Waals surface area contributed by atoms with Crippen molar-refractivity contribution in [1.82, 2.24) is 19.7 Å². The molecule has 0 saturated heterocycles. The van der Waals surface area contributed by atoms with Crippen molar-refractivity contribution in [2.75, 3.05) is 5.32 Å². The number of nitrogens with zero attached hydrogens (tertiary/aromatic N) is 3. The lowest BCUT2D eigenvalue weighted by molar-refractivity contribution is 0.522. The standard InChI is InChI=1S/C22H22FN5/c1-11-9-16-20(28-13(3)26-27-21(28)22(4,5)25-16)18(23)17(11)15-8-6-7-14-12(2)10-24-19(14)15/h6-10,24-25H,1-5H3. The summed E-state index contributed by atoms with van der Waals surface area (Å²) in [6.45, 7) is 9.92. The van der Waals surface area contributed by atoms with Gasteiger partial charge in [-0.1, -0.05) is 18.2 Å². The Morgan fingerprint density at radius 1 is 1.07 bits per heavy atom. The average molecular weight is 375 g/mol. The zero-order valence-electron chi connectivity index (χ0n) is 16.6. The van der Waals surface area contributed by atoms with Gasteiger partial charge in [-0.05, 0) is 51.8 Å². The Bertz CT molecular complexity index is 1260. The van der Waals surface area contributed by atoms with Gasteiger partial charge in [0.15, 0.2) is 11.6 Å². The first kappa shape index (κ1) is 17.0. The number of aryl methyl sites for hydroxylation is 3. The first-order chi connectivity index (χ1) is 13.3. The zero-order chi connectivity index (χ0) is 19.8. The van der Waals surface area contributed by atoms with E-state index in [1.807, 2.05) is 56.7 Å². The number of hydrogen-bond donors (Lipinski definition) is 2. The molecule has 0 bridgehead atoms. The highest BCUT2D eigenvalue weighted by molar-refractivity contribution is 5.97. The van der Waals surface area contributed by atoms with Crippen molar-refractivity contribution in [2.24, 2.45) is 0 Å². The number of nitrogens with one attached hydrogen (secondary N) is 2. The van der Waals surface area contributed by atoms with Gasteiger partial charge in [0, 0.05) is 22.7 Å². The van der Waals surface area contributed by atoms with Crippen molar-refractivity contribution >= 4 is 16.6 Å². The van der Waals surface area contributed by atoms with Crippen LogP contribution in [0.1, 0.15) is 36.6 Å². The molecule has 0 spiro atoms. The molecular weight excluding hydrogens is 353 g/mol. The Morgan fingerprint density at radius 2 is 1.86 bits per heavy atom. The molecule has 0 saturated carbocycles. The Labute approximate surface area is 162 Å². The molecule has 0 aliphatic carbocycles.